The van der Waals surface area contributed by atoms with E-state index in [4.69, 9.17) is 15.7 Å². The molecule has 3 heterocycles. The molecule has 3 aromatic rings. The fraction of sp³-hybridized carbons (Fsp3) is 0.346. The molecule has 34 heavy (non-hydrogen) atoms. The average Bonchev–Trinajstić information content (AvgIpc) is 3.42. The van der Waals surface area contributed by atoms with E-state index >= 15 is 0 Å². The lowest BCUT2D eigenvalue weighted by Gasteiger charge is -2.36. The quantitative estimate of drug-likeness (QED) is 0.416. The SMILES string of the molecule is N#Cc1ccc2[nH]cc(CCCCN3CCN(c4ccc5c(c4)C(=O)C(C(N)=O)O5)CC3)c2c1. The number of aromatic nitrogens is 1. The number of nitrogens with zero attached hydrogens (tertiary/aromatic N) is 3. The number of unbranched alkanes of at least 4 members (excludes halogenated alkanes) is 1. The van der Waals surface area contributed by atoms with E-state index in [-0.39, 0.29) is 5.78 Å². The molecule has 0 radical (unpaired) electrons. The highest BCUT2D eigenvalue weighted by Gasteiger charge is 2.37. The summed E-state index contributed by atoms with van der Waals surface area (Å²) >= 11 is 0. The smallest absolute Gasteiger partial charge is 0.266 e. The van der Waals surface area contributed by atoms with Gasteiger partial charge in [-0.1, -0.05) is 0 Å². The van der Waals surface area contributed by atoms with Gasteiger partial charge < -0.3 is 20.4 Å². The largest absolute Gasteiger partial charge is 0.472 e. The van der Waals surface area contributed by atoms with E-state index in [1.165, 1.54) is 5.56 Å². The van der Waals surface area contributed by atoms with Crippen molar-refractivity contribution in [3.05, 3.63) is 59.3 Å². The van der Waals surface area contributed by atoms with Gasteiger partial charge in [0.1, 0.15) is 5.75 Å². The van der Waals surface area contributed by atoms with Crippen LogP contribution in [-0.2, 0) is 11.2 Å². The average molecular weight is 458 g/mol. The maximum absolute atomic E-state index is 12.4. The third kappa shape index (κ3) is 4.22. The molecule has 2 aromatic carbocycles. The number of H-pyrrole nitrogens is 1. The zero-order chi connectivity index (χ0) is 23.7. The summed E-state index contributed by atoms with van der Waals surface area (Å²) in [5, 5.41) is 10.3. The first-order chi connectivity index (χ1) is 16.5. The summed E-state index contributed by atoms with van der Waals surface area (Å²) in [5.74, 6) is -0.690. The number of nitriles is 1. The number of primary amides is 1. The first-order valence-corrected chi connectivity index (χ1v) is 11.6. The van der Waals surface area contributed by atoms with Crippen LogP contribution in [0.4, 0.5) is 5.69 Å². The molecule has 1 amide bonds. The van der Waals surface area contributed by atoms with Crippen molar-refractivity contribution in [3.63, 3.8) is 0 Å². The molecule has 1 fully saturated rings. The summed E-state index contributed by atoms with van der Waals surface area (Å²) in [7, 11) is 0. The molecule has 2 aliphatic rings. The molecule has 2 aliphatic heterocycles. The normalized spacial score (nSPS) is 18.0. The van der Waals surface area contributed by atoms with Crippen LogP contribution in [0.3, 0.4) is 0 Å². The lowest BCUT2D eigenvalue weighted by Crippen LogP contribution is -2.46. The molecule has 174 valence electrons. The number of carbonyl (C=O) groups is 2. The first-order valence-electron chi connectivity index (χ1n) is 11.6. The van der Waals surface area contributed by atoms with Crippen molar-refractivity contribution in [2.24, 2.45) is 5.73 Å². The van der Waals surface area contributed by atoms with Gasteiger partial charge in [0.2, 0.25) is 11.9 Å². The van der Waals surface area contributed by atoms with Crippen molar-refractivity contribution < 1.29 is 14.3 Å². The molecule has 0 saturated carbocycles. The molecule has 1 aromatic heterocycles. The van der Waals surface area contributed by atoms with E-state index in [1.807, 2.05) is 30.3 Å². The number of piperazine rings is 1. The Kier molecular flexibility index (Phi) is 5.95. The van der Waals surface area contributed by atoms with Crippen LogP contribution in [0.25, 0.3) is 10.9 Å². The third-order valence-electron chi connectivity index (χ3n) is 6.77. The first kappa shape index (κ1) is 22.0. The number of hydrogen-bond donors (Lipinski definition) is 2. The van der Waals surface area contributed by atoms with Crippen LogP contribution in [0.15, 0.2) is 42.6 Å². The zero-order valence-corrected chi connectivity index (χ0v) is 18.9. The van der Waals surface area contributed by atoms with Crippen LogP contribution in [0, 0.1) is 11.3 Å². The standard InChI is InChI=1S/C26H27N5O3/c27-15-17-4-6-22-20(13-17)18(16-29-22)3-1-2-8-30-9-11-31(12-10-30)19-5-7-23-21(14-19)24(32)25(34-23)26(28)33/h4-7,13-14,16,25,29H,1-3,8-12H2,(H2,28,33). The Bertz CT molecular complexity index is 1280. The summed E-state index contributed by atoms with van der Waals surface area (Å²) in [6.07, 6.45) is 4.05. The predicted octanol–water partition coefficient (Wildman–Crippen LogP) is 2.61. The Hall–Kier alpha value is -3.83. The number of rotatable bonds is 7. The minimum Gasteiger partial charge on any atom is -0.472 e. The number of fused-ring (bicyclic) bond motifs is 2. The molecular formula is C26H27N5O3. The highest BCUT2D eigenvalue weighted by Crippen LogP contribution is 2.32. The maximum Gasteiger partial charge on any atom is 0.266 e. The van der Waals surface area contributed by atoms with Crippen LogP contribution in [0.1, 0.15) is 34.3 Å². The third-order valence-corrected chi connectivity index (χ3v) is 6.77. The summed E-state index contributed by atoms with van der Waals surface area (Å²) in [6.45, 7) is 4.74. The van der Waals surface area contributed by atoms with Crippen molar-refractivity contribution in [2.45, 2.75) is 25.4 Å². The molecule has 0 spiro atoms. The van der Waals surface area contributed by atoms with Crippen LogP contribution in [0.2, 0.25) is 0 Å². The van der Waals surface area contributed by atoms with Crippen LogP contribution in [0.5, 0.6) is 5.75 Å². The van der Waals surface area contributed by atoms with Crippen molar-refractivity contribution in [1.29, 1.82) is 5.26 Å². The summed E-state index contributed by atoms with van der Waals surface area (Å²) in [5.41, 5.74) is 9.71. The highest BCUT2D eigenvalue weighted by molar-refractivity contribution is 6.16. The number of ether oxygens (including phenoxy) is 1. The Balaban J connectivity index is 1.10. The number of Topliss-reactive ketones (excluding diaryl/α,β-unsaturated/α-hetero) is 1. The van der Waals surface area contributed by atoms with Gasteiger partial charge in [0.25, 0.3) is 5.91 Å². The number of aryl methyl sites for hydroxylation is 1. The lowest BCUT2D eigenvalue weighted by atomic mass is 10.0. The van der Waals surface area contributed by atoms with E-state index in [0.717, 1.165) is 68.6 Å². The number of anilines is 1. The van der Waals surface area contributed by atoms with Gasteiger partial charge in [0, 0.05) is 49.0 Å². The van der Waals surface area contributed by atoms with Gasteiger partial charge in [-0.2, -0.15) is 5.26 Å². The molecule has 0 bridgehead atoms. The van der Waals surface area contributed by atoms with Gasteiger partial charge in [-0.3, -0.25) is 14.5 Å². The fourth-order valence-corrected chi connectivity index (χ4v) is 4.85. The van der Waals surface area contributed by atoms with Crippen LogP contribution < -0.4 is 15.4 Å². The Morgan fingerprint density at radius 1 is 1.15 bits per heavy atom. The molecular weight excluding hydrogens is 430 g/mol. The number of benzene rings is 2. The monoisotopic (exact) mass is 457 g/mol. The molecule has 1 saturated heterocycles. The molecule has 8 heteroatoms. The minimum atomic E-state index is -1.21. The number of nitrogens with one attached hydrogen (secondary N) is 1. The van der Waals surface area contributed by atoms with E-state index in [9.17, 15) is 9.59 Å². The van der Waals surface area contributed by atoms with Gasteiger partial charge in [0.15, 0.2) is 0 Å². The number of ketones is 1. The van der Waals surface area contributed by atoms with Crippen molar-refractivity contribution >= 4 is 28.3 Å². The predicted molar refractivity (Wildman–Crippen MR) is 129 cm³/mol. The summed E-state index contributed by atoms with van der Waals surface area (Å²) in [6, 6.07) is 13.5. The number of amides is 1. The highest BCUT2D eigenvalue weighted by atomic mass is 16.5. The van der Waals surface area contributed by atoms with E-state index in [0.29, 0.717) is 16.9 Å². The molecule has 5 rings (SSSR count). The molecule has 1 unspecified atom stereocenters. The van der Waals surface area contributed by atoms with E-state index in [2.05, 4.69) is 27.0 Å². The van der Waals surface area contributed by atoms with Gasteiger partial charge in [-0.05, 0) is 67.8 Å². The van der Waals surface area contributed by atoms with E-state index < -0.39 is 12.0 Å². The van der Waals surface area contributed by atoms with Crippen LogP contribution >= 0.6 is 0 Å². The number of carbonyl (C=O) groups excluding carboxylic acids is 2. The lowest BCUT2D eigenvalue weighted by molar-refractivity contribution is -0.122. The van der Waals surface area contributed by atoms with E-state index in [1.54, 1.807) is 6.07 Å². The fourth-order valence-electron chi connectivity index (χ4n) is 4.85. The van der Waals surface area contributed by atoms with Gasteiger partial charge in [0.05, 0.1) is 17.2 Å². The zero-order valence-electron chi connectivity index (χ0n) is 18.9. The number of nitrogens with two attached hydrogens (primary N) is 1. The molecule has 3 N–H and O–H groups in total. The molecule has 8 nitrogen and oxygen atoms in total. The Morgan fingerprint density at radius 2 is 1.97 bits per heavy atom. The van der Waals surface area contributed by atoms with Crippen LogP contribution in [-0.4, -0.2) is 60.4 Å². The second-order valence-corrected chi connectivity index (χ2v) is 8.92. The topological polar surface area (TPSA) is 115 Å². The number of hydrogen-bond acceptors (Lipinski definition) is 6. The van der Waals surface area contributed by atoms with Crippen molar-refractivity contribution in [1.82, 2.24) is 9.88 Å². The molecule has 0 aliphatic carbocycles. The summed E-state index contributed by atoms with van der Waals surface area (Å²) < 4.78 is 5.39. The summed E-state index contributed by atoms with van der Waals surface area (Å²) in [4.78, 5) is 31.8. The van der Waals surface area contributed by atoms with Gasteiger partial charge in [-0.25, -0.2) is 0 Å². The second-order valence-electron chi connectivity index (χ2n) is 8.92. The Labute approximate surface area is 197 Å². The van der Waals surface area contributed by atoms with Gasteiger partial charge in [-0.15, -0.1) is 0 Å². The number of aromatic amines is 1. The Morgan fingerprint density at radius 3 is 2.74 bits per heavy atom. The van der Waals surface area contributed by atoms with Gasteiger partial charge >= 0.3 is 0 Å². The maximum atomic E-state index is 12.4. The van der Waals surface area contributed by atoms with Crippen molar-refractivity contribution in [3.8, 4) is 11.8 Å². The molecule has 1 atom stereocenters. The minimum absolute atomic E-state index is 0.359. The second kappa shape index (κ2) is 9.20. The van der Waals surface area contributed by atoms with Crippen molar-refractivity contribution in [2.75, 3.05) is 37.6 Å².